The molecule has 27 heavy (non-hydrogen) atoms. The van der Waals surface area contributed by atoms with Crippen LogP contribution in [0.15, 0.2) is 29.5 Å². The second-order valence-electron chi connectivity index (χ2n) is 5.96. The standard InChI is InChI=1S/C19H26N2O5S/c1-5-8-25-14-7-6-13(11-15(14)24-4)17-16(12(2)20-19(27)21-17)18(22)26-10-9-23-3/h6-7,11,17H,5,8-10H2,1-4H3,(H2,20,21,27)/t17-/m1/s1. The highest BCUT2D eigenvalue weighted by Gasteiger charge is 2.31. The van der Waals surface area contributed by atoms with E-state index in [2.05, 4.69) is 10.6 Å². The Morgan fingerprint density at radius 3 is 2.63 bits per heavy atom. The van der Waals surface area contributed by atoms with Crippen LogP contribution in [-0.2, 0) is 14.3 Å². The van der Waals surface area contributed by atoms with Gasteiger partial charge in [-0.25, -0.2) is 4.79 Å². The first-order valence-electron chi connectivity index (χ1n) is 8.76. The highest BCUT2D eigenvalue weighted by atomic mass is 32.1. The van der Waals surface area contributed by atoms with Gasteiger partial charge in [-0.05, 0) is 43.3 Å². The number of hydrogen-bond acceptors (Lipinski definition) is 6. The van der Waals surface area contributed by atoms with Gasteiger partial charge in [-0.1, -0.05) is 13.0 Å². The van der Waals surface area contributed by atoms with Gasteiger partial charge in [-0.3, -0.25) is 0 Å². The molecule has 0 amide bonds. The molecule has 0 radical (unpaired) electrons. The van der Waals surface area contributed by atoms with Gasteiger partial charge in [0.15, 0.2) is 16.6 Å². The number of nitrogens with one attached hydrogen (secondary N) is 2. The van der Waals surface area contributed by atoms with Crippen LogP contribution < -0.4 is 20.1 Å². The zero-order valence-corrected chi connectivity index (χ0v) is 16.9. The second kappa shape index (κ2) is 10.1. The van der Waals surface area contributed by atoms with Gasteiger partial charge in [0.05, 0.1) is 31.9 Å². The van der Waals surface area contributed by atoms with Gasteiger partial charge < -0.3 is 29.6 Å². The van der Waals surface area contributed by atoms with Crippen LogP contribution in [-0.4, -0.2) is 45.1 Å². The predicted molar refractivity (Wildman–Crippen MR) is 106 cm³/mol. The normalized spacial score (nSPS) is 16.4. The summed E-state index contributed by atoms with van der Waals surface area (Å²) in [6, 6.07) is 5.10. The Morgan fingerprint density at radius 1 is 1.19 bits per heavy atom. The molecule has 1 aliphatic heterocycles. The maximum absolute atomic E-state index is 12.6. The molecule has 1 aromatic carbocycles. The fraction of sp³-hybridized carbons (Fsp3) is 0.474. The number of rotatable bonds is 9. The largest absolute Gasteiger partial charge is 0.493 e. The van der Waals surface area contributed by atoms with Crippen molar-refractivity contribution in [2.45, 2.75) is 26.3 Å². The van der Waals surface area contributed by atoms with Crippen molar-refractivity contribution in [1.82, 2.24) is 10.6 Å². The molecule has 0 aliphatic carbocycles. The number of carbonyl (C=O) groups is 1. The van der Waals surface area contributed by atoms with Gasteiger partial charge in [0.1, 0.15) is 6.61 Å². The second-order valence-corrected chi connectivity index (χ2v) is 6.37. The fourth-order valence-electron chi connectivity index (χ4n) is 2.70. The highest BCUT2D eigenvalue weighted by molar-refractivity contribution is 7.80. The smallest absolute Gasteiger partial charge is 0.338 e. The number of allylic oxidation sites excluding steroid dienone is 1. The molecule has 7 nitrogen and oxygen atoms in total. The molecule has 1 heterocycles. The first-order valence-corrected chi connectivity index (χ1v) is 9.17. The van der Waals surface area contributed by atoms with E-state index in [-0.39, 0.29) is 6.61 Å². The van der Waals surface area contributed by atoms with Crippen LogP contribution in [0.25, 0.3) is 0 Å². The number of esters is 1. The topological polar surface area (TPSA) is 78.1 Å². The van der Waals surface area contributed by atoms with Crippen molar-refractivity contribution in [1.29, 1.82) is 0 Å². The van der Waals surface area contributed by atoms with E-state index in [9.17, 15) is 4.79 Å². The number of benzene rings is 1. The lowest BCUT2D eigenvalue weighted by Gasteiger charge is -2.30. The fourth-order valence-corrected chi connectivity index (χ4v) is 2.98. The molecule has 2 rings (SSSR count). The molecule has 0 unspecified atom stereocenters. The molecular weight excluding hydrogens is 368 g/mol. The molecule has 1 atom stereocenters. The van der Waals surface area contributed by atoms with Crippen molar-refractivity contribution in [2.24, 2.45) is 0 Å². The zero-order chi connectivity index (χ0) is 19.8. The Kier molecular flexibility index (Phi) is 7.87. The molecule has 8 heteroatoms. The van der Waals surface area contributed by atoms with Crippen molar-refractivity contribution in [3.8, 4) is 11.5 Å². The van der Waals surface area contributed by atoms with Crippen LogP contribution in [0.4, 0.5) is 0 Å². The zero-order valence-electron chi connectivity index (χ0n) is 16.1. The van der Waals surface area contributed by atoms with Crippen LogP contribution in [0.3, 0.4) is 0 Å². The average Bonchev–Trinajstić information content (AvgIpc) is 2.65. The van der Waals surface area contributed by atoms with Gasteiger partial charge in [0.2, 0.25) is 0 Å². The first kappa shape index (κ1) is 21.0. The molecule has 1 aromatic rings. The van der Waals surface area contributed by atoms with Crippen LogP contribution in [0, 0.1) is 0 Å². The van der Waals surface area contributed by atoms with Gasteiger partial charge in [-0.15, -0.1) is 0 Å². The average molecular weight is 394 g/mol. The number of hydrogen-bond donors (Lipinski definition) is 2. The Balaban J connectivity index is 2.33. The van der Waals surface area contributed by atoms with Crippen LogP contribution in [0.2, 0.25) is 0 Å². The molecule has 148 valence electrons. The lowest BCUT2D eigenvalue weighted by molar-refractivity contribution is -0.140. The molecule has 0 saturated carbocycles. The maximum Gasteiger partial charge on any atom is 0.338 e. The van der Waals surface area contributed by atoms with E-state index in [4.69, 9.17) is 31.2 Å². The maximum atomic E-state index is 12.6. The molecule has 0 fully saturated rings. The quantitative estimate of drug-likeness (QED) is 0.376. The van der Waals surface area contributed by atoms with Gasteiger partial charge in [0, 0.05) is 12.8 Å². The number of carbonyl (C=O) groups excluding carboxylic acids is 1. The van der Waals surface area contributed by atoms with Gasteiger partial charge in [0.25, 0.3) is 0 Å². The monoisotopic (exact) mass is 394 g/mol. The summed E-state index contributed by atoms with van der Waals surface area (Å²) in [5.74, 6) is 0.823. The summed E-state index contributed by atoms with van der Waals surface area (Å²) in [4.78, 5) is 12.6. The molecule has 1 aliphatic rings. The third-order valence-electron chi connectivity index (χ3n) is 3.99. The van der Waals surface area contributed by atoms with E-state index < -0.39 is 12.0 Å². The van der Waals surface area contributed by atoms with E-state index in [1.165, 1.54) is 0 Å². The number of ether oxygens (including phenoxy) is 4. The Bertz CT molecular complexity index is 720. The lowest BCUT2D eigenvalue weighted by atomic mass is 9.95. The number of thiocarbonyl (C=S) groups is 1. The van der Waals surface area contributed by atoms with E-state index in [1.54, 1.807) is 21.1 Å². The highest BCUT2D eigenvalue weighted by Crippen LogP contribution is 2.34. The van der Waals surface area contributed by atoms with E-state index in [0.29, 0.717) is 41.1 Å². The predicted octanol–water partition coefficient (Wildman–Crippen LogP) is 2.47. The Morgan fingerprint density at radius 2 is 1.96 bits per heavy atom. The number of methoxy groups -OCH3 is 2. The summed E-state index contributed by atoms with van der Waals surface area (Å²) >= 11 is 5.27. The van der Waals surface area contributed by atoms with Crippen molar-refractivity contribution < 1.29 is 23.7 Å². The molecule has 0 bridgehead atoms. The Labute approximate surface area is 165 Å². The van der Waals surface area contributed by atoms with Crippen LogP contribution >= 0.6 is 12.2 Å². The van der Waals surface area contributed by atoms with Crippen LogP contribution in [0.5, 0.6) is 11.5 Å². The summed E-state index contributed by atoms with van der Waals surface area (Å²) in [6.07, 6.45) is 0.897. The summed E-state index contributed by atoms with van der Waals surface area (Å²) < 4.78 is 21.4. The first-order chi connectivity index (χ1) is 13.0. The van der Waals surface area contributed by atoms with Gasteiger partial charge >= 0.3 is 5.97 Å². The Hall–Kier alpha value is -2.32. The molecule has 0 spiro atoms. The van der Waals surface area contributed by atoms with Crippen molar-refractivity contribution in [2.75, 3.05) is 34.0 Å². The van der Waals surface area contributed by atoms with E-state index in [1.807, 2.05) is 25.1 Å². The third kappa shape index (κ3) is 5.33. The minimum Gasteiger partial charge on any atom is -0.493 e. The molecule has 0 saturated heterocycles. The summed E-state index contributed by atoms with van der Waals surface area (Å²) in [5, 5.41) is 6.55. The van der Waals surface area contributed by atoms with Crippen molar-refractivity contribution in [3.63, 3.8) is 0 Å². The summed E-state index contributed by atoms with van der Waals surface area (Å²) in [6.45, 7) is 4.94. The third-order valence-corrected chi connectivity index (χ3v) is 4.21. The minimum atomic E-state index is -0.456. The summed E-state index contributed by atoms with van der Waals surface area (Å²) in [5.41, 5.74) is 1.93. The van der Waals surface area contributed by atoms with Gasteiger partial charge in [-0.2, -0.15) is 0 Å². The van der Waals surface area contributed by atoms with Crippen molar-refractivity contribution >= 4 is 23.3 Å². The summed E-state index contributed by atoms with van der Waals surface area (Å²) in [7, 11) is 3.14. The van der Waals surface area contributed by atoms with Crippen LogP contribution in [0.1, 0.15) is 31.9 Å². The minimum absolute atomic E-state index is 0.177. The van der Waals surface area contributed by atoms with Crippen molar-refractivity contribution in [3.05, 3.63) is 35.0 Å². The van der Waals surface area contributed by atoms with E-state index in [0.717, 1.165) is 12.0 Å². The lowest BCUT2D eigenvalue weighted by Crippen LogP contribution is -2.45. The molecular formula is C19H26N2O5S. The molecule has 0 aromatic heterocycles. The van der Waals surface area contributed by atoms with E-state index >= 15 is 0 Å². The molecule has 2 N–H and O–H groups in total. The SMILES string of the molecule is CCCOc1ccc([C@H]2NC(=S)NC(C)=C2C(=O)OCCOC)cc1OC.